The minimum Gasteiger partial charge on any atom is -0.352 e. The molecule has 0 bridgehead atoms. The molecule has 1 saturated carbocycles. The summed E-state index contributed by atoms with van der Waals surface area (Å²) in [6, 6.07) is 9.84. The number of amides is 2. The molecular weight excluding hydrogens is 347 g/mol. The Bertz CT molecular complexity index is 627. The predicted molar refractivity (Wildman–Crippen MR) is 94.8 cm³/mol. The first-order valence-electron chi connectivity index (χ1n) is 8.32. The summed E-state index contributed by atoms with van der Waals surface area (Å²) in [7, 11) is 0. The lowest BCUT2D eigenvalue weighted by Gasteiger charge is -2.33. The van der Waals surface area contributed by atoms with Gasteiger partial charge in [0.05, 0.1) is 5.41 Å². The van der Waals surface area contributed by atoms with Crippen molar-refractivity contribution < 1.29 is 9.59 Å². The first-order chi connectivity index (χ1) is 11.3. The van der Waals surface area contributed by atoms with Crippen molar-refractivity contribution >= 4 is 35.0 Å². The Morgan fingerprint density at radius 3 is 2.33 bits per heavy atom. The SMILES string of the molecule is CC1(C(=O)N2CCC(C(=O)NCc3ccccc3)CC2)CC1(Cl)Cl. The molecule has 0 aromatic heterocycles. The topological polar surface area (TPSA) is 49.4 Å². The van der Waals surface area contributed by atoms with E-state index in [2.05, 4.69) is 5.32 Å². The molecule has 2 fully saturated rings. The van der Waals surface area contributed by atoms with E-state index in [-0.39, 0.29) is 17.7 Å². The second-order valence-corrected chi connectivity index (χ2v) is 8.47. The summed E-state index contributed by atoms with van der Waals surface area (Å²) in [5.41, 5.74) is 0.416. The first kappa shape index (κ1) is 17.6. The third-order valence-corrected chi connectivity index (χ3v) is 6.29. The van der Waals surface area contributed by atoms with Crippen LogP contribution in [-0.4, -0.2) is 34.1 Å². The van der Waals surface area contributed by atoms with E-state index in [1.54, 1.807) is 4.90 Å². The number of halogens is 2. The molecule has 1 aliphatic heterocycles. The molecule has 1 aromatic rings. The van der Waals surface area contributed by atoms with Crippen LogP contribution in [0.1, 0.15) is 31.7 Å². The molecule has 1 N–H and O–H groups in total. The Kier molecular flexibility index (Phi) is 4.80. The standard InChI is InChI=1S/C18H22Cl2N2O2/c1-17(12-18(17,19)20)16(24)22-9-7-14(8-10-22)15(23)21-11-13-5-3-2-4-6-13/h2-6,14H,7-12H2,1H3,(H,21,23). The lowest BCUT2D eigenvalue weighted by atomic mass is 9.94. The molecule has 1 aliphatic carbocycles. The molecule has 0 radical (unpaired) electrons. The second kappa shape index (κ2) is 6.57. The summed E-state index contributed by atoms with van der Waals surface area (Å²) in [5, 5.41) is 2.98. The van der Waals surface area contributed by atoms with Gasteiger partial charge in [-0.3, -0.25) is 9.59 Å². The molecule has 1 heterocycles. The van der Waals surface area contributed by atoms with Gasteiger partial charge in [-0.05, 0) is 31.7 Å². The Balaban J connectivity index is 1.47. The number of hydrogen-bond donors (Lipinski definition) is 1. The number of alkyl halides is 2. The highest BCUT2D eigenvalue weighted by Crippen LogP contribution is 2.64. The van der Waals surface area contributed by atoms with Crippen LogP contribution in [0.2, 0.25) is 0 Å². The van der Waals surface area contributed by atoms with Gasteiger partial charge in [0, 0.05) is 25.6 Å². The zero-order valence-corrected chi connectivity index (χ0v) is 15.2. The molecule has 4 nitrogen and oxygen atoms in total. The van der Waals surface area contributed by atoms with Gasteiger partial charge in [0.1, 0.15) is 4.33 Å². The van der Waals surface area contributed by atoms with Gasteiger partial charge in [0.2, 0.25) is 11.8 Å². The van der Waals surface area contributed by atoms with E-state index in [1.165, 1.54) is 0 Å². The Morgan fingerprint density at radius 1 is 1.21 bits per heavy atom. The van der Waals surface area contributed by atoms with Crippen molar-refractivity contribution in [2.45, 2.75) is 37.1 Å². The maximum atomic E-state index is 12.5. The lowest BCUT2D eigenvalue weighted by Crippen LogP contribution is -2.46. The van der Waals surface area contributed by atoms with Gasteiger partial charge in [0.25, 0.3) is 0 Å². The van der Waals surface area contributed by atoms with Crippen molar-refractivity contribution in [3.8, 4) is 0 Å². The van der Waals surface area contributed by atoms with Crippen LogP contribution in [0.4, 0.5) is 0 Å². The molecule has 3 rings (SSSR count). The molecule has 1 atom stereocenters. The molecule has 24 heavy (non-hydrogen) atoms. The number of hydrogen-bond acceptors (Lipinski definition) is 2. The molecule has 1 aromatic carbocycles. The van der Waals surface area contributed by atoms with Crippen molar-refractivity contribution in [1.29, 1.82) is 0 Å². The third kappa shape index (κ3) is 3.40. The van der Waals surface area contributed by atoms with E-state index >= 15 is 0 Å². The summed E-state index contributed by atoms with van der Waals surface area (Å²) in [5.74, 6) is 0.0322. The van der Waals surface area contributed by atoms with E-state index in [4.69, 9.17) is 23.2 Å². The van der Waals surface area contributed by atoms with Crippen molar-refractivity contribution in [3.63, 3.8) is 0 Å². The zero-order valence-electron chi connectivity index (χ0n) is 13.7. The predicted octanol–water partition coefficient (Wildman–Crippen LogP) is 3.13. The minimum atomic E-state index is -0.937. The first-order valence-corrected chi connectivity index (χ1v) is 9.08. The highest BCUT2D eigenvalue weighted by atomic mass is 35.5. The quantitative estimate of drug-likeness (QED) is 0.829. The summed E-state index contributed by atoms with van der Waals surface area (Å²) in [6.45, 7) is 3.52. The van der Waals surface area contributed by atoms with Crippen LogP contribution in [0.25, 0.3) is 0 Å². The normalized spacial score (nSPS) is 26.0. The average molecular weight is 369 g/mol. The van der Waals surface area contributed by atoms with Crippen LogP contribution >= 0.6 is 23.2 Å². The van der Waals surface area contributed by atoms with Gasteiger partial charge in [-0.25, -0.2) is 0 Å². The van der Waals surface area contributed by atoms with Crippen LogP contribution in [-0.2, 0) is 16.1 Å². The van der Waals surface area contributed by atoms with E-state index in [9.17, 15) is 9.59 Å². The number of benzene rings is 1. The number of piperidine rings is 1. The lowest BCUT2D eigenvalue weighted by molar-refractivity contribution is -0.140. The molecule has 1 saturated heterocycles. The molecular formula is C18H22Cl2N2O2. The van der Waals surface area contributed by atoms with E-state index < -0.39 is 9.75 Å². The van der Waals surface area contributed by atoms with E-state index in [0.717, 1.165) is 5.56 Å². The van der Waals surface area contributed by atoms with Gasteiger partial charge >= 0.3 is 0 Å². The molecule has 2 amide bonds. The Labute approximate surface area is 152 Å². The molecule has 2 aliphatic rings. The molecule has 0 spiro atoms. The monoisotopic (exact) mass is 368 g/mol. The molecule has 6 heteroatoms. The van der Waals surface area contributed by atoms with Crippen LogP contribution in [0.5, 0.6) is 0 Å². The zero-order chi connectivity index (χ0) is 17.4. The fourth-order valence-electron chi connectivity index (χ4n) is 3.26. The van der Waals surface area contributed by atoms with Gasteiger partial charge in [0.15, 0.2) is 0 Å². The van der Waals surface area contributed by atoms with Crippen molar-refractivity contribution in [2.24, 2.45) is 11.3 Å². The van der Waals surface area contributed by atoms with Gasteiger partial charge in [-0.2, -0.15) is 0 Å². The summed E-state index contributed by atoms with van der Waals surface area (Å²) in [4.78, 5) is 26.6. The van der Waals surface area contributed by atoms with Crippen molar-refractivity contribution in [2.75, 3.05) is 13.1 Å². The fraction of sp³-hybridized carbons (Fsp3) is 0.556. The van der Waals surface area contributed by atoms with Crippen molar-refractivity contribution in [3.05, 3.63) is 35.9 Å². The van der Waals surface area contributed by atoms with Gasteiger partial charge in [-0.15, -0.1) is 23.2 Å². The van der Waals surface area contributed by atoms with Gasteiger partial charge < -0.3 is 10.2 Å². The van der Waals surface area contributed by atoms with Crippen molar-refractivity contribution in [1.82, 2.24) is 10.2 Å². The molecule has 1 unspecified atom stereocenters. The van der Waals surface area contributed by atoms with Crippen LogP contribution in [0.15, 0.2) is 30.3 Å². The van der Waals surface area contributed by atoms with Crippen LogP contribution < -0.4 is 5.32 Å². The Hall–Kier alpha value is -1.26. The number of carbonyl (C=O) groups is 2. The number of nitrogens with zero attached hydrogens (tertiary/aromatic N) is 1. The van der Waals surface area contributed by atoms with E-state index in [1.807, 2.05) is 37.3 Å². The smallest absolute Gasteiger partial charge is 0.231 e. The van der Waals surface area contributed by atoms with Crippen LogP contribution in [0, 0.1) is 11.3 Å². The number of likely N-dealkylation sites (tertiary alicyclic amines) is 1. The average Bonchev–Trinajstić information content (AvgIpc) is 3.12. The minimum absolute atomic E-state index is 0.00986. The highest BCUT2D eigenvalue weighted by molar-refractivity contribution is 6.53. The largest absolute Gasteiger partial charge is 0.352 e. The van der Waals surface area contributed by atoms with Crippen LogP contribution in [0.3, 0.4) is 0 Å². The third-order valence-electron chi connectivity index (χ3n) is 5.19. The molecule has 130 valence electrons. The summed E-state index contributed by atoms with van der Waals surface area (Å²) in [6.07, 6.45) is 1.86. The maximum absolute atomic E-state index is 12.5. The van der Waals surface area contributed by atoms with E-state index in [0.29, 0.717) is 38.9 Å². The summed E-state index contributed by atoms with van der Waals surface area (Å²) >= 11 is 12.2. The van der Waals surface area contributed by atoms with Gasteiger partial charge in [-0.1, -0.05) is 30.3 Å². The number of rotatable bonds is 4. The fourth-order valence-corrected chi connectivity index (χ4v) is 3.95. The number of carbonyl (C=O) groups excluding carboxylic acids is 2. The Morgan fingerprint density at radius 2 is 1.79 bits per heavy atom. The maximum Gasteiger partial charge on any atom is 0.231 e. The number of nitrogens with one attached hydrogen (secondary N) is 1. The second-order valence-electron chi connectivity index (χ2n) is 6.98. The summed E-state index contributed by atoms with van der Waals surface area (Å²) < 4.78 is -0.937. The highest BCUT2D eigenvalue weighted by Gasteiger charge is 2.68.